The Balaban J connectivity index is 1.67. The number of hydrogen-bond donors (Lipinski definition) is 0. The first-order valence-corrected chi connectivity index (χ1v) is 15.6. The largest absolute Gasteiger partial charge is 0.467 e. The first-order valence-electron chi connectivity index (χ1n) is 15.6. The average Bonchev–Trinajstić information content (AvgIpc) is 3.23. The second kappa shape index (κ2) is 13.2. The molecule has 5 atom stereocenters. The van der Waals surface area contributed by atoms with Crippen LogP contribution in [0.3, 0.4) is 0 Å². The van der Waals surface area contributed by atoms with Gasteiger partial charge in [0.05, 0.1) is 35.8 Å². The molecule has 2 bridgehead atoms. The number of halogens is 6. The third-order valence-corrected chi connectivity index (χ3v) is 8.97. The summed E-state index contributed by atoms with van der Waals surface area (Å²) in [5, 5.41) is 0. The number of ether oxygens (including phenoxy) is 3. The molecule has 2 fully saturated rings. The molecule has 2 aliphatic heterocycles. The van der Waals surface area contributed by atoms with E-state index in [0.717, 1.165) is 12.7 Å². The zero-order valence-corrected chi connectivity index (χ0v) is 26.9. The standard InChI is InChI=1S/C36H37F6NO5/c1-33(2,3)48-31(44)27-20-34(24-13-9-6-10-14-24)29(16-15-28(27)43(34)21-22-11-7-5-8-12-22)47-30(32(45)46-4)23-17-25(35(37,38)39)19-26(18-23)36(40,41)42/h5-14,17-19,27-30H,15-16,20-21H2,1-4H3/t27-,28+,29-,30+,34-/m1/s1. The molecule has 6 nitrogen and oxygen atoms in total. The van der Waals surface area contributed by atoms with Crippen LogP contribution < -0.4 is 0 Å². The van der Waals surface area contributed by atoms with Crippen LogP contribution in [-0.4, -0.2) is 41.7 Å². The van der Waals surface area contributed by atoms with E-state index in [4.69, 9.17) is 14.2 Å². The number of piperidine rings is 1. The van der Waals surface area contributed by atoms with E-state index in [-0.39, 0.29) is 24.9 Å². The van der Waals surface area contributed by atoms with Crippen LogP contribution in [0.2, 0.25) is 0 Å². The third-order valence-electron chi connectivity index (χ3n) is 8.97. The summed E-state index contributed by atoms with van der Waals surface area (Å²) >= 11 is 0. The fourth-order valence-electron chi connectivity index (χ4n) is 7.04. The van der Waals surface area contributed by atoms with Crippen molar-refractivity contribution in [1.82, 2.24) is 4.90 Å². The van der Waals surface area contributed by atoms with Crippen LogP contribution in [0.5, 0.6) is 0 Å². The van der Waals surface area contributed by atoms with Crippen LogP contribution in [0.25, 0.3) is 0 Å². The molecule has 3 aromatic carbocycles. The van der Waals surface area contributed by atoms with E-state index in [9.17, 15) is 35.9 Å². The predicted octanol–water partition coefficient (Wildman–Crippen LogP) is 8.25. The predicted molar refractivity (Wildman–Crippen MR) is 163 cm³/mol. The molecule has 12 heteroatoms. The smallest absolute Gasteiger partial charge is 0.416 e. The lowest BCUT2D eigenvalue weighted by Gasteiger charge is -2.50. The molecule has 2 heterocycles. The molecule has 0 spiro atoms. The maximum Gasteiger partial charge on any atom is 0.416 e. The summed E-state index contributed by atoms with van der Waals surface area (Å²) in [5.41, 5.74) is -4.11. The SMILES string of the molecule is COC(=O)[C@@H](O[C@@H]1CC[C@H]2[C@H](C(=O)OC(C)(C)C)C[C@]1(c1ccccc1)N2Cc1ccccc1)c1cc(C(F)(F)F)cc(C(F)(F)F)c1. The van der Waals surface area contributed by atoms with Crippen molar-refractivity contribution < 1.29 is 50.1 Å². The second-order valence-corrected chi connectivity index (χ2v) is 13.3. The lowest BCUT2D eigenvalue weighted by molar-refractivity contribution is -0.174. The third kappa shape index (κ3) is 7.24. The number of alkyl halides is 6. The van der Waals surface area contributed by atoms with Crippen LogP contribution in [0, 0.1) is 5.92 Å². The summed E-state index contributed by atoms with van der Waals surface area (Å²) in [4.78, 5) is 29.1. The number of methoxy groups -OCH3 is 1. The normalized spacial score (nSPS) is 23.8. The number of fused-ring (bicyclic) bond motifs is 2. The number of rotatable bonds is 8. The van der Waals surface area contributed by atoms with Gasteiger partial charge in [-0.15, -0.1) is 0 Å². The maximum absolute atomic E-state index is 13.9. The Morgan fingerprint density at radius 1 is 0.854 bits per heavy atom. The molecule has 2 saturated heterocycles. The minimum Gasteiger partial charge on any atom is -0.467 e. The Labute approximate surface area is 275 Å². The van der Waals surface area contributed by atoms with Crippen molar-refractivity contribution in [3.05, 3.63) is 107 Å². The highest BCUT2D eigenvalue weighted by Gasteiger charge is 2.62. The Morgan fingerprint density at radius 2 is 1.42 bits per heavy atom. The molecule has 0 unspecified atom stereocenters. The lowest BCUT2D eigenvalue weighted by atomic mass is 9.78. The highest BCUT2D eigenvalue weighted by atomic mass is 19.4. The highest BCUT2D eigenvalue weighted by molar-refractivity contribution is 5.77. The van der Waals surface area contributed by atoms with Crippen molar-refractivity contribution in [3.63, 3.8) is 0 Å². The fraction of sp³-hybridized carbons (Fsp3) is 0.444. The van der Waals surface area contributed by atoms with Crippen molar-refractivity contribution in [2.24, 2.45) is 5.92 Å². The molecular weight excluding hydrogens is 640 g/mol. The molecule has 0 N–H and O–H groups in total. The van der Waals surface area contributed by atoms with Gasteiger partial charge in [-0.05, 0) is 74.9 Å². The Kier molecular flexibility index (Phi) is 9.73. The molecule has 5 rings (SSSR count). The van der Waals surface area contributed by atoms with Crippen molar-refractivity contribution in [3.8, 4) is 0 Å². The molecular formula is C36H37F6NO5. The summed E-state index contributed by atoms with van der Waals surface area (Å²) < 4.78 is 100. The van der Waals surface area contributed by atoms with Crippen molar-refractivity contribution in [2.45, 2.75) is 88.3 Å². The van der Waals surface area contributed by atoms with Crippen LogP contribution in [0.15, 0.2) is 78.9 Å². The molecule has 0 amide bonds. The number of carbonyl (C=O) groups is 2. The van der Waals surface area contributed by atoms with Crippen LogP contribution >= 0.6 is 0 Å². The molecule has 2 aliphatic rings. The zero-order chi connectivity index (χ0) is 35.1. The summed E-state index contributed by atoms with van der Waals surface area (Å²) in [6, 6.07) is 19.1. The Morgan fingerprint density at radius 3 is 1.94 bits per heavy atom. The van der Waals surface area contributed by atoms with Crippen LogP contribution in [0.4, 0.5) is 26.3 Å². The number of esters is 2. The van der Waals surface area contributed by atoms with Gasteiger partial charge in [0, 0.05) is 12.6 Å². The lowest BCUT2D eigenvalue weighted by Crippen LogP contribution is -2.57. The summed E-state index contributed by atoms with van der Waals surface area (Å²) in [7, 11) is 0.983. The molecule has 0 aliphatic carbocycles. The summed E-state index contributed by atoms with van der Waals surface area (Å²) in [6.07, 6.45) is -12.4. The minimum absolute atomic E-state index is 0.00149. The van der Waals surface area contributed by atoms with E-state index in [2.05, 4.69) is 4.90 Å². The molecule has 48 heavy (non-hydrogen) atoms. The molecule has 0 saturated carbocycles. The number of nitrogens with zero attached hydrogens (tertiary/aromatic N) is 1. The van der Waals surface area contributed by atoms with E-state index in [1.54, 1.807) is 39.0 Å². The van der Waals surface area contributed by atoms with Gasteiger partial charge >= 0.3 is 24.3 Å². The minimum atomic E-state index is -5.14. The van der Waals surface area contributed by atoms with Gasteiger partial charge in [0.15, 0.2) is 6.10 Å². The van der Waals surface area contributed by atoms with Crippen LogP contribution in [0.1, 0.15) is 74.0 Å². The zero-order valence-electron chi connectivity index (χ0n) is 26.9. The topological polar surface area (TPSA) is 65.1 Å². The van der Waals surface area contributed by atoms with Gasteiger partial charge in [-0.3, -0.25) is 9.69 Å². The van der Waals surface area contributed by atoms with Crippen molar-refractivity contribution >= 4 is 11.9 Å². The van der Waals surface area contributed by atoms with E-state index in [1.165, 1.54) is 0 Å². The summed E-state index contributed by atoms with van der Waals surface area (Å²) in [5.74, 6) is -2.24. The van der Waals surface area contributed by atoms with Crippen molar-refractivity contribution in [1.29, 1.82) is 0 Å². The molecule has 0 radical (unpaired) electrons. The quantitative estimate of drug-likeness (QED) is 0.177. The average molecular weight is 678 g/mol. The second-order valence-electron chi connectivity index (χ2n) is 13.3. The number of hydrogen-bond acceptors (Lipinski definition) is 6. The summed E-state index contributed by atoms with van der Waals surface area (Å²) in [6.45, 7) is 5.62. The maximum atomic E-state index is 13.9. The van der Waals surface area contributed by atoms with Gasteiger partial charge in [-0.2, -0.15) is 26.3 Å². The van der Waals surface area contributed by atoms with Gasteiger partial charge < -0.3 is 14.2 Å². The molecule has 258 valence electrons. The van der Waals surface area contributed by atoms with Gasteiger partial charge in [-0.1, -0.05) is 60.7 Å². The highest BCUT2D eigenvalue weighted by Crippen LogP contribution is 2.56. The Hall–Kier alpha value is -3.90. The van der Waals surface area contributed by atoms with E-state index < -0.39 is 70.2 Å². The first-order chi connectivity index (χ1) is 22.4. The van der Waals surface area contributed by atoms with Gasteiger partial charge in [0.25, 0.3) is 0 Å². The number of benzene rings is 3. The molecule has 0 aromatic heterocycles. The van der Waals surface area contributed by atoms with E-state index in [1.807, 2.05) is 42.5 Å². The van der Waals surface area contributed by atoms with Gasteiger partial charge in [0.1, 0.15) is 5.60 Å². The fourth-order valence-corrected chi connectivity index (χ4v) is 7.04. The Bertz CT molecular complexity index is 1570. The van der Waals surface area contributed by atoms with E-state index in [0.29, 0.717) is 30.7 Å². The van der Waals surface area contributed by atoms with E-state index >= 15 is 0 Å². The van der Waals surface area contributed by atoms with Gasteiger partial charge in [0.2, 0.25) is 0 Å². The number of carbonyl (C=O) groups excluding carboxylic acids is 2. The monoisotopic (exact) mass is 677 g/mol. The van der Waals surface area contributed by atoms with Crippen molar-refractivity contribution in [2.75, 3.05) is 7.11 Å². The van der Waals surface area contributed by atoms with Crippen LogP contribution in [-0.2, 0) is 48.2 Å². The first kappa shape index (κ1) is 35.4. The van der Waals surface area contributed by atoms with Gasteiger partial charge in [-0.25, -0.2) is 4.79 Å². The molecule has 3 aromatic rings.